The van der Waals surface area contributed by atoms with Crippen molar-refractivity contribution in [1.82, 2.24) is 9.80 Å². The van der Waals surface area contributed by atoms with Gasteiger partial charge in [0, 0.05) is 26.2 Å². The lowest BCUT2D eigenvalue weighted by Gasteiger charge is -2.37. The van der Waals surface area contributed by atoms with Crippen LogP contribution < -0.4 is 9.47 Å². The number of benzene rings is 2. The molecule has 1 atom stereocenters. The Bertz CT molecular complexity index is 941. The van der Waals surface area contributed by atoms with E-state index in [2.05, 4.69) is 0 Å². The maximum Gasteiger partial charge on any atom is 0.256 e. The summed E-state index contributed by atoms with van der Waals surface area (Å²) in [7, 11) is 0. The van der Waals surface area contributed by atoms with Gasteiger partial charge in [-0.05, 0) is 49.2 Å². The van der Waals surface area contributed by atoms with Crippen LogP contribution in [-0.4, -0.2) is 61.0 Å². The molecule has 7 heteroatoms. The topological polar surface area (TPSA) is 59.1 Å². The molecular formula is C23H25FN2O4. The highest BCUT2D eigenvalue weighted by Gasteiger charge is 2.32. The van der Waals surface area contributed by atoms with Crippen molar-refractivity contribution in [3.8, 4) is 11.5 Å². The van der Waals surface area contributed by atoms with E-state index in [4.69, 9.17) is 9.47 Å². The number of amides is 2. The van der Waals surface area contributed by atoms with E-state index in [1.807, 2.05) is 25.1 Å². The lowest BCUT2D eigenvalue weighted by atomic mass is 9.95. The number of piperazine rings is 1. The maximum atomic E-state index is 13.9. The summed E-state index contributed by atoms with van der Waals surface area (Å²) in [6, 6.07) is 11.7. The molecule has 0 aromatic heterocycles. The van der Waals surface area contributed by atoms with Crippen LogP contribution in [0.1, 0.15) is 22.8 Å². The van der Waals surface area contributed by atoms with E-state index in [1.54, 1.807) is 21.9 Å². The molecule has 4 rings (SSSR count). The second kappa shape index (κ2) is 8.73. The van der Waals surface area contributed by atoms with Crippen LogP contribution in [0.3, 0.4) is 0 Å². The van der Waals surface area contributed by atoms with E-state index in [1.165, 1.54) is 12.1 Å². The molecule has 0 spiro atoms. The Balaban J connectivity index is 1.36. The van der Waals surface area contributed by atoms with Crippen LogP contribution in [0.2, 0.25) is 0 Å². The van der Waals surface area contributed by atoms with E-state index in [0.29, 0.717) is 45.8 Å². The van der Waals surface area contributed by atoms with Crippen LogP contribution in [-0.2, 0) is 11.2 Å². The summed E-state index contributed by atoms with van der Waals surface area (Å²) < 4.78 is 25.3. The first-order valence-corrected chi connectivity index (χ1v) is 10.3. The summed E-state index contributed by atoms with van der Waals surface area (Å²) in [5.74, 6) is 0.476. The van der Waals surface area contributed by atoms with Gasteiger partial charge < -0.3 is 19.3 Å². The molecule has 2 aliphatic rings. The summed E-state index contributed by atoms with van der Waals surface area (Å²) in [6.07, 6.45) is 0.601. The standard InChI is InChI=1S/C23H25FN2O4/c1-2-29-18-7-8-21-16(14-18)13-17(15-30-21)22(27)25-9-11-26(12-10-25)23(28)19-5-3-4-6-20(19)24/h3-8,14,17H,2,9-13,15H2,1H3. The molecule has 1 unspecified atom stereocenters. The fourth-order valence-electron chi connectivity index (χ4n) is 3.98. The van der Waals surface area contributed by atoms with E-state index in [9.17, 15) is 14.0 Å². The zero-order valence-electron chi connectivity index (χ0n) is 17.0. The molecule has 2 amide bonds. The van der Waals surface area contributed by atoms with Crippen LogP contribution in [0.25, 0.3) is 0 Å². The van der Waals surface area contributed by atoms with Crippen LogP contribution in [0.15, 0.2) is 42.5 Å². The molecule has 1 fully saturated rings. The minimum Gasteiger partial charge on any atom is -0.494 e. The molecular weight excluding hydrogens is 387 g/mol. The average molecular weight is 412 g/mol. The van der Waals surface area contributed by atoms with Crippen molar-refractivity contribution >= 4 is 11.8 Å². The lowest BCUT2D eigenvalue weighted by Crippen LogP contribution is -2.53. The number of ether oxygens (including phenoxy) is 2. The molecule has 0 aliphatic carbocycles. The number of hydrogen-bond acceptors (Lipinski definition) is 4. The molecule has 1 saturated heterocycles. The largest absolute Gasteiger partial charge is 0.494 e. The van der Waals surface area contributed by atoms with Crippen LogP contribution in [0.4, 0.5) is 4.39 Å². The predicted octanol–water partition coefficient (Wildman–Crippen LogP) is 2.76. The van der Waals surface area contributed by atoms with Crippen molar-refractivity contribution in [2.45, 2.75) is 13.3 Å². The summed E-state index contributed by atoms with van der Waals surface area (Å²) in [6.45, 7) is 4.49. The maximum absolute atomic E-state index is 13.9. The van der Waals surface area contributed by atoms with E-state index in [-0.39, 0.29) is 23.3 Å². The van der Waals surface area contributed by atoms with Crippen molar-refractivity contribution in [3.63, 3.8) is 0 Å². The lowest BCUT2D eigenvalue weighted by molar-refractivity contribution is -0.138. The molecule has 0 N–H and O–H groups in total. The first-order valence-electron chi connectivity index (χ1n) is 10.3. The van der Waals surface area contributed by atoms with Gasteiger partial charge in [0.25, 0.3) is 5.91 Å². The molecule has 2 aliphatic heterocycles. The SMILES string of the molecule is CCOc1ccc2c(c1)CC(C(=O)N1CCN(C(=O)c3ccccc3F)CC1)CO2. The van der Waals surface area contributed by atoms with Gasteiger partial charge in [-0.1, -0.05) is 12.1 Å². The van der Waals surface area contributed by atoms with Crippen LogP contribution in [0.5, 0.6) is 11.5 Å². The molecule has 30 heavy (non-hydrogen) atoms. The zero-order chi connectivity index (χ0) is 21.1. The minimum absolute atomic E-state index is 0.0282. The van der Waals surface area contributed by atoms with E-state index in [0.717, 1.165) is 17.1 Å². The number of halogens is 1. The second-order valence-corrected chi connectivity index (χ2v) is 7.51. The van der Waals surface area contributed by atoms with Gasteiger partial charge >= 0.3 is 0 Å². The highest BCUT2D eigenvalue weighted by molar-refractivity contribution is 5.94. The number of nitrogens with zero attached hydrogens (tertiary/aromatic N) is 2. The van der Waals surface area contributed by atoms with Gasteiger partial charge in [0.15, 0.2) is 0 Å². The van der Waals surface area contributed by atoms with Crippen LogP contribution >= 0.6 is 0 Å². The summed E-state index contributed by atoms with van der Waals surface area (Å²) >= 11 is 0. The number of carbonyl (C=O) groups excluding carboxylic acids is 2. The monoisotopic (exact) mass is 412 g/mol. The molecule has 2 aromatic carbocycles. The van der Waals surface area contributed by atoms with Crippen molar-refractivity contribution in [1.29, 1.82) is 0 Å². The average Bonchev–Trinajstić information content (AvgIpc) is 2.78. The third-order valence-corrected chi connectivity index (χ3v) is 5.58. The number of hydrogen-bond donors (Lipinski definition) is 0. The molecule has 0 bridgehead atoms. The first kappa shape index (κ1) is 20.2. The van der Waals surface area contributed by atoms with Gasteiger partial charge in [0.2, 0.25) is 5.91 Å². The van der Waals surface area contributed by atoms with Gasteiger partial charge in [-0.3, -0.25) is 9.59 Å². The van der Waals surface area contributed by atoms with Crippen molar-refractivity contribution in [2.24, 2.45) is 5.92 Å². The molecule has 158 valence electrons. The van der Waals surface area contributed by atoms with Gasteiger partial charge in [0.1, 0.15) is 23.9 Å². The van der Waals surface area contributed by atoms with Gasteiger partial charge in [-0.2, -0.15) is 0 Å². The van der Waals surface area contributed by atoms with Crippen molar-refractivity contribution in [3.05, 3.63) is 59.4 Å². The highest BCUT2D eigenvalue weighted by Crippen LogP contribution is 2.31. The highest BCUT2D eigenvalue weighted by atomic mass is 19.1. The van der Waals surface area contributed by atoms with Gasteiger partial charge in [0.05, 0.1) is 18.1 Å². The fraction of sp³-hybridized carbons (Fsp3) is 0.391. The Hall–Kier alpha value is -3.09. The molecule has 6 nitrogen and oxygen atoms in total. The van der Waals surface area contributed by atoms with Crippen molar-refractivity contribution in [2.75, 3.05) is 39.4 Å². The minimum atomic E-state index is -0.523. The number of carbonyl (C=O) groups is 2. The third-order valence-electron chi connectivity index (χ3n) is 5.58. The quantitative estimate of drug-likeness (QED) is 0.775. The zero-order valence-corrected chi connectivity index (χ0v) is 17.0. The van der Waals surface area contributed by atoms with Gasteiger partial charge in [-0.25, -0.2) is 4.39 Å². The summed E-state index contributed by atoms with van der Waals surface area (Å²) in [5, 5.41) is 0. The molecule has 0 saturated carbocycles. The number of fused-ring (bicyclic) bond motifs is 1. The molecule has 0 radical (unpaired) electrons. The normalized spacial score (nSPS) is 18.4. The second-order valence-electron chi connectivity index (χ2n) is 7.51. The van der Waals surface area contributed by atoms with Crippen LogP contribution in [0, 0.1) is 11.7 Å². The summed E-state index contributed by atoms with van der Waals surface area (Å²) in [5.41, 5.74) is 1.04. The Morgan fingerprint density at radius 2 is 1.83 bits per heavy atom. The first-order chi connectivity index (χ1) is 14.6. The van der Waals surface area contributed by atoms with E-state index >= 15 is 0 Å². The third kappa shape index (κ3) is 4.10. The Labute approximate surface area is 175 Å². The molecule has 2 aromatic rings. The Morgan fingerprint density at radius 3 is 2.57 bits per heavy atom. The number of rotatable bonds is 4. The molecule has 2 heterocycles. The van der Waals surface area contributed by atoms with Gasteiger partial charge in [-0.15, -0.1) is 0 Å². The summed E-state index contributed by atoms with van der Waals surface area (Å²) in [4.78, 5) is 29.0. The smallest absolute Gasteiger partial charge is 0.256 e. The van der Waals surface area contributed by atoms with E-state index < -0.39 is 5.82 Å². The Morgan fingerprint density at radius 1 is 1.10 bits per heavy atom. The van der Waals surface area contributed by atoms with Crippen molar-refractivity contribution < 1.29 is 23.5 Å². The fourth-order valence-corrected chi connectivity index (χ4v) is 3.98. The predicted molar refractivity (Wildman–Crippen MR) is 109 cm³/mol. The Kier molecular flexibility index (Phi) is 5.88.